The first-order valence-electron chi connectivity index (χ1n) is 7.00. The maximum Gasteiger partial charge on any atom is 0.232 e. The van der Waals surface area contributed by atoms with Crippen molar-refractivity contribution in [1.29, 1.82) is 0 Å². The molecule has 134 valence electrons. The van der Waals surface area contributed by atoms with E-state index in [1.807, 2.05) is 25.1 Å². The second-order valence-electron chi connectivity index (χ2n) is 5.46. The SMILES string of the molecule is Cc1nsc(-c2ccc3nc(NC(=O)[C@@H]4C[C@@H]4F)sc3c2)c1Cl.Cl.Cl. The maximum absolute atomic E-state index is 12.9. The predicted molar refractivity (Wildman–Crippen MR) is 107 cm³/mol. The van der Waals surface area contributed by atoms with E-state index in [9.17, 15) is 9.18 Å². The second kappa shape index (κ2) is 7.72. The van der Waals surface area contributed by atoms with Gasteiger partial charge in [0, 0.05) is 0 Å². The minimum atomic E-state index is -1.01. The van der Waals surface area contributed by atoms with Crippen LogP contribution in [0.5, 0.6) is 0 Å². The summed E-state index contributed by atoms with van der Waals surface area (Å²) in [6, 6.07) is 5.80. The molecule has 1 N–H and O–H groups in total. The van der Waals surface area contributed by atoms with Gasteiger partial charge in [0.1, 0.15) is 6.17 Å². The molecule has 0 unspecified atom stereocenters. The normalized spacial score (nSPS) is 18.4. The van der Waals surface area contributed by atoms with E-state index in [4.69, 9.17) is 11.6 Å². The summed E-state index contributed by atoms with van der Waals surface area (Å²) in [5.74, 6) is -0.811. The zero-order valence-corrected chi connectivity index (χ0v) is 16.8. The van der Waals surface area contributed by atoms with Gasteiger partial charge in [-0.2, -0.15) is 4.37 Å². The fourth-order valence-corrected chi connectivity index (χ4v) is 4.28. The van der Waals surface area contributed by atoms with Crippen LogP contribution in [0, 0.1) is 12.8 Å². The molecular weight excluding hydrogens is 428 g/mol. The minimum Gasteiger partial charge on any atom is -0.302 e. The van der Waals surface area contributed by atoms with Gasteiger partial charge in [0.15, 0.2) is 5.13 Å². The standard InChI is InChI=1S/C15H11ClFN3OS2.2ClH/c1-6-12(16)13(23-20-6)7-2-3-10-11(4-7)22-15(18-10)19-14(21)8-5-9(8)17;;/h2-4,8-9H,5H2,1H3,(H,18,19,21);2*1H/t8-,9+;;/m1../s1. The van der Waals surface area contributed by atoms with E-state index in [1.54, 1.807) is 0 Å². The van der Waals surface area contributed by atoms with E-state index >= 15 is 0 Å². The van der Waals surface area contributed by atoms with Gasteiger partial charge in [0.25, 0.3) is 0 Å². The molecule has 2 aromatic heterocycles. The summed E-state index contributed by atoms with van der Waals surface area (Å²) in [4.78, 5) is 17.1. The summed E-state index contributed by atoms with van der Waals surface area (Å²) >= 11 is 8.99. The van der Waals surface area contributed by atoms with Crippen molar-refractivity contribution in [3.05, 3.63) is 28.9 Å². The molecule has 0 spiro atoms. The molecule has 1 fully saturated rings. The van der Waals surface area contributed by atoms with Crippen molar-refractivity contribution < 1.29 is 9.18 Å². The number of rotatable bonds is 3. The number of nitrogens with zero attached hydrogens (tertiary/aromatic N) is 2. The lowest BCUT2D eigenvalue weighted by atomic mass is 10.2. The molecule has 1 saturated carbocycles. The van der Waals surface area contributed by atoms with Gasteiger partial charge in [-0.25, -0.2) is 9.37 Å². The van der Waals surface area contributed by atoms with Gasteiger partial charge in [-0.05, 0) is 42.6 Å². The number of carbonyl (C=O) groups excluding carboxylic acids is 1. The molecule has 2 atom stereocenters. The molecule has 0 bridgehead atoms. The van der Waals surface area contributed by atoms with Gasteiger partial charge in [-0.3, -0.25) is 4.79 Å². The Morgan fingerprint density at radius 2 is 2.12 bits per heavy atom. The molecule has 0 saturated heterocycles. The second-order valence-corrected chi connectivity index (χ2v) is 7.64. The highest BCUT2D eigenvalue weighted by Gasteiger charge is 2.43. The molecule has 0 aliphatic heterocycles. The topological polar surface area (TPSA) is 54.9 Å². The number of nitrogens with one attached hydrogen (secondary N) is 1. The van der Waals surface area contributed by atoms with E-state index in [2.05, 4.69) is 14.7 Å². The van der Waals surface area contributed by atoms with Crippen molar-refractivity contribution in [1.82, 2.24) is 9.36 Å². The highest BCUT2D eigenvalue weighted by molar-refractivity contribution is 7.22. The van der Waals surface area contributed by atoms with Crippen LogP contribution in [0.1, 0.15) is 12.1 Å². The van der Waals surface area contributed by atoms with Crippen LogP contribution in [0.2, 0.25) is 5.02 Å². The molecule has 10 heteroatoms. The number of benzene rings is 1. The van der Waals surface area contributed by atoms with Crippen molar-refractivity contribution >= 4 is 80.5 Å². The Kier molecular flexibility index (Phi) is 6.27. The van der Waals surface area contributed by atoms with Crippen LogP contribution in [-0.4, -0.2) is 21.4 Å². The number of anilines is 1. The zero-order valence-electron chi connectivity index (χ0n) is 12.8. The molecule has 4 nitrogen and oxygen atoms in total. The summed E-state index contributed by atoms with van der Waals surface area (Å²) in [5, 5.41) is 3.85. The Balaban J connectivity index is 0.00000113. The number of aromatic nitrogens is 2. The predicted octanol–water partition coefficient (Wildman–Crippen LogP) is 5.52. The van der Waals surface area contributed by atoms with E-state index in [0.717, 1.165) is 26.4 Å². The van der Waals surface area contributed by atoms with Crippen LogP contribution in [0.25, 0.3) is 20.7 Å². The summed E-state index contributed by atoms with van der Waals surface area (Å²) in [6.07, 6.45) is -0.697. The first kappa shape index (κ1) is 20.3. The van der Waals surface area contributed by atoms with Crippen molar-refractivity contribution in [2.75, 3.05) is 5.32 Å². The molecule has 25 heavy (non-hydrogen) atoms. The maximum atomic E-state index is 12.9. The molecule has 0 radical (unpaired) electrons. The lowest BCUT2D eigenvalue weighted by Gasteiger charge is -1.97. The van der Waals surface area contributed by atoms with E-state index < -0.39 is 12.1 Å². The molecule has 3 aromatic rings. The first-order valence-corrected chi connectivity index (χ1v) is 8.97. The highest BCUT2D eigenvalue weighted by atomic mass is 35.5. The van der Waals surface area contributed by atoms with Crippen molar-refractivity contribution in [3.8, 4) is 10.4 Å². The molecule has 1 aliphatic rings. The number of aryl methyl sites for hydroxylation is 1. The largest absolute Gasteiger partial charge is 0.302 e. The Morgan fingerprint density at radius 1 is 1.40 bits per heavy atom. The van der Waals surface area contributed by atoms with Crippen LogP contribution in [0.3, 0.4) is 0 Å². The Labute approximate surface area is 168 Å². The highest BCUT2D eigenvalue weighted by Crippen LogP contribution is 2.38. The molecular formula is C15H13Cl3FN3OS2. The monoisotopic (exact) mass is 439 g/mol. The number of hydrogen-bond donors (Lipinski definition) is 1. The molecule has 1 aliphatic carbocycles. The summed E-state index contributed by atoms with van der Waals surface area (Å²) in [5.41, 5.74) is 2.58. The molecule has 1 amide bonds. The summed E-state index contributed by atoms with van der Waals surface area (Å²) in [7, 11) is 0. The number of amides is 1. The van der Waals surface area contributed by atoms with E-state index in [0.29, 0.717) is 16.6 Å². The van der Waals surface area contributed by atoms with Crippen LogP contribution in [-0.2, 0) is 4.79 Å². The fraction of sp³-hybridized carbons (Fsp3) is 0.267. The average Bonchev–Trinajstić information content (AvgIpc) is 2.98. The number of fused-ring (bicyclic) bond motifs is 1. The summed E-state index contributed by atoms with van der Waals surface area (Å²) in [6.45, 7) is 1.87. The third kappa shape index (κ3) is 3.90. The van der Waals surface area contributed by atoms with Crippen molar-refractivity contribution in [3.63, 3.8) is 0 Å². The first-order chi connectivity index (χ1) is 11.0. The third-order valence-corrected chi connectivity index (χ3v) is 6.22. The van der Waals surface area contributed by atoms with Crippen LogP contribution < -0.4 is 5.32 Å². The lowest BCUT2D eigenvalue weighted by molar-refractivity contribution is -0.117. The number of halogens is 4. The van der Waals surface area contributed by atoms with Gasteiger partial charge in [-0.15, -0.1) is 24.8 Å². The summed E-state index contributed by atoms with van der Waals surface area (Å²) < 4.78 is 18.1. The van der Waals surface area contributed by atoms with Gasteiger partial charge in [-0.1, -0.05) is 29.0 Å². The smallest absolute Gasteiger partial charge is 0.232 e. The number of hydrogen-bond acceptors (Lipinski definition) is 5. The van der Waals surface area contributed by atoms with Crippen LogP contribution >= 0.6 is 59.3 Å². The zero-order chi connectivity index (χ0) is 16.1. The third-order valence-electron chi connectivity index (χ3n) is 3.72. The average molecular weight is 441 g/mol. The minimum absolute atomic E-state index is 0. The molecule has 4 rings (SSSR count). The van der Waals surface area contributed by atoms with Crippen LogP contribution in [0.4, 0.5) is 9.52 Å². The van der Waals surface area contributed by atoms with Gasteiger partial charge < -0.3 is 5.32 Å². The molecule has 2 heterocycles. The van der Waals surface area contributed by atoms with Crippen molar-refractivity contribution in [2.45, 2.75) is 19.5 Å². The number of carbonyl (C=O) groups is 1. The van der Waals surface area contributed by atoms with Crippen molar-refractivity contribution in [2.24, 2.45) is 5.92 Å². The lowest BCUT2D eigenvalue weighted by Crippen LogP contribution is -2.14. The van der Waals surface area contributed by atoms with Gasteiger partial charge in [0.05, 0.1) is 31.7 Å². The number of alkyl halides is 1. The van der Waals surface area contributed by atoms with E-state index in [-0.39, 0.29) is 30.7 Å². The quantitative estimate of drug-likeness (QED) is 0.583. The van der Waals surface area contributed by atoms with Gasteiger partial charge in [0.2, 0.25) is 5.91 Å². The number of thiazole rings is 1. The fourth-order valence-electron chi connectivity index (χ4n) is 2.29. The molecule has 1 aromatic carbocycles. The van der Waals surface area contributed by atoms with Crippen LogP contribution in [0.15, 0.2) is 18.2 Å². The Bertz CT molecular complexity index is 930. The van der Waals surface area contributed by atoms with Gasteiger partial charge >= 0.3 is 0 Å². The Morgan fingerprint density at radius 3 is 2.72 bits per heavy atom. The Hall–Kier alpha value is -0.990. The van der Waals surface area contributed by atoms with E-state index in [1.165, 1.54) is 22.9 Å².